The lowest BCUT2D eigenvalue weighted by atomic mass is 10.0. The molecule has 0 bridgehead atoms. The van der Waals surface area contributed by atoms with Crippen LogP contribution in [0.15, 0.2) is 18.2 Å². The molecule has 110 valence electrons. The van der Waals surface area contributed by atoms with E-state index in [1.807, 2.05) is 0 Å². The van der Waals surface area contributed by atoms with Crippen LogP contribution in [0.1, 0.15) is 12.0 Å². The smallest absolute Gasteiger partial charge is 0.261 e. The Kier molecular flexibility index (Phi) is 4.50. The molecule has 1 aliphatic rings. The molecule has 1 atom stereocenters. The summed E-state index contributed by atoms with van der Waals surface area (Å²) in [6.07, 6.45) is 0.211. The average molecular weight is 301 g/mol. The van der Waals surface area contributed by atoms with Crippen molar-refractivity contribution in [3.8, 4) is 5.75 Å². The fourth-order valence-electron chi connectivity index (χ4n) is 2.38. The molecular formula is C14H18ClFN2O2. The average Bonchev–Trinajstić information content (AvgIpc) is 2.86. The van der Waals surface area contributed by atoms with Crippen molar-refractivity contribution in [2.24, 2.45) is 0 Å². The molecule has 1 saturated heterocycles. The zero-order valence-corrected chi connectivity index (χ0v) is 12.3. The first-order chi connectivity index (χ1) is 9.46. The van der Waals surface area contributed by atoms with Gasteiger partial charge in [-0.05, 0) is 24.7 Å². The monoisotopic (exact) mass is 300 g/mol. The summed E-state index contributed by atoms with van der Waals surface area (Å²) in [6.45, 7) is 0.855. The highest BCUT2D eigenvalue weighted by Gasteiger charge is 2.43. The molecule has 1 fully saturated rings. The van der Waals surface area contributed by atoms with Gasteiger partial charge in [0, 0.05) is 37.1 Å². The van der Waals surface area contributed by atoms with Gasteiger partial charge in [-0.2, -0.15) is 0 Å². The molecule has 1 aromatic carbocycles. The highest BCUT2D eigenvalue weighted by molar-refractivity contribution is 6.30. The molecule has 0 saturated carbocycles. The summed E-state index contributed by atoms with van der Waals surface area (Å²) in [5.41, 5.74) is -1.05. The molecule has 0 radical (unpaired) electrons. The molecule has 2 rings (SSSR count). The van der Waals surface area contributed by atoms with Crippen LogP contribution in [0.2, 0.25) is 5.02 Å². The van der Waals surface area contributed by atoms with Crippen LogP contribution in [0.4, 0.5) is 4.39 Å². The standard InChI is InChI=1S/C14H18ClFN2O2/c1-18(13(19)14(16)5-6-17-9-14)8-10-7-11(15)3-4-12(10)20-2/h3-4,7,17H,5-6,8-9H2,1-2H3/t14-/m1/s1. The Morgan fingerprint density at radius 1 is 1.60 bits per heavy atom. The maximum atomic E-state index is 14.4. The van der Waals surface area contributed by atoms with Crippen LogP contribution >= 0.6 is 11.6 Å². The molecule has 1 aromatic rings. The number of nitrogens with one attached hydrogen (secondary N) is 1. The van der Waals surface area contributed by atoms with Gasteiger partial charge in [-0.25, -0.2) is 4.39 Å². The van der Waals surface area contributed by atoms with Crippen molar-refractivity contribution in [2.75, 3.05) is 27.2 Å². The molecule has 1 aliphatic heterocycles. The van der Waals surface area contributed by atoms with Gasteiger partial charge in [-0.1, -0.05) is 11.6 Å². The predicted octanol–water partition coefficient (Wildman–Crippen LogP) is 2.01. The van der Waals surface area contributed by atoms with E-state index in [2.05, 4.69) is 5.32 Å². The molecule has 1 N–H and O–H groups in total. The molecule has 20 heavy (non-hydrogen) atoms. The summed E-state index contributed by atoms with van der Waals surface area (Å²) in [5.74, 6) is 0.121. The number of hydrogen-bond acceptors (Lipinski definition) is 3. The van der Waals surface area contributed by atoms with E-state index in [1.54, 1.807) is 32.4 Å². The number of rotatable bonds is 4. The van der Waals surface area contributed by atoms with E-state index >= 15 is 0 Å². The van der Waals surface area contributed by atoms with Gasteiger partial charge in [-0.3, -0.25) is 4.79 Å². The second-order valence-corrected chi connectivity index (χ2v) is 5.45. The number of ether oxygens (including phenoxy) is 1. The van der Waals surface area contributed by atoms with Crippen LogP contribution in [0.5, 0.6) is 5.75 Å². The Bertz CT molecular complexity index is 504. The van der Waals surface area contributed by atoms with E-state index in [1.165, 1.54) is 4.90 Å². The topological polar surface area (TPSA) is 41.6 Å². The minimum atomic E-state index is -1.80. The fraction of sp³-hybridized carbons (Fsp3) is 0.500. The van der Waals surface area contributed by atoms with Crippen LogP contribution < -0.4 is 10.1 Å². The molecule has 0 spiro atoms. The largest absolute Gasteiger partial charge is 0.496 e. The highest BCUT2D eigenvalue weighted by atomic mass is 35.5. The summed E-state index contributed by atoms with van der Waals surface area (Å²) in [4.78, 5) is 13.6. The number of carbonyl (C=O) groups is 1. The summed E-state index contributed by atoms with van der Waals surface area (Å²) < 4.78 is 19.6. The fourth-order valence-corrected chi connectivity index (χ4v) is 2.58. The van der Waals surface area contributed by atoms with Crippen molar-refractivity contribution in [3.63, 3.8) is 0 Å². The minimum absolute atomic E-state index is 0.0723. The number of hydrogen-bond donors (Lipinski definition) is 1. The van der Waals surface area contributed by atoms with Crippen LogP contribution in [-0.4, -0.2) is 43.7 Å². The summed E-state index contributed by atoms with van der Waals surface area (Å²) in [7, 11) is 3.13. The van der Waals surface area contributed by atoms with Gasteiger partial charge >= 0.3 is 0 Å². The number of benzene rings is 1. The molecule has 0 unspecified atom stereocenters. The van der Waals surface area contributed by atoms with Gasteiger partial charge in [0.05, 0.1) is 7.11 Å². The lowest BCUT2D eigenvalue weighted by molar-refractivity contribution is -0.142. The Hall–Kier alpha value is -1.33. The SMILES string of the molecule is COc1ccc(Cl)cc1CN(C)C(=O)[C@@]1(F)CCNC1. The second-order valence-electron chi connectivity index (χ2n) is 5.01. The van der Waals surface area contributed by atoms with Gasteiger partial charge in [0.25, 0.3) is 5.91 Å². The van der Waals surface area contributed by atoms with Gasteiger partial charge in [-0.15, -0.1) is 0 Å². The second kappa shape index (κ2) is 5.97. The molecule has 6 heteroatoms. The Morgan fingerprint density at radius 2 is 2.35 bits per heavy atom. The third kappa shape index (κ3) is 3.04. The van der Waals surface area contributed by atoms with Crippen molar-refractivity contribution in [1.82, 2.24) is 10.2 Å². The summed E-state index contributed by atoms with van der Waals surface area (Å²) in [5, 5.41) is 3.43. The highest BCUT2D eigenvalue weighted by Crippen LogP contribution is 2.27. The Labute approximate surface area is 122 Å². The Morgan fingerprint density at radius 3 is 2.95 bits per heavy atom. The zero-order chi connectivity index (χ0) is 14.8. The van der Waals surface area contributed by atoms with E-state index in [0.717, 1.165) is 5.56 Å². The third-order valence-corrected chi connectivity index (χ3v) is 3.72. The number of halogens is 2. The van der Waals surface area contributed by atoms with Crippen LogP contribution in [0.25, 0.3) is 0 Å². The van der Waals surface area contributed by atoms with Gasteiger partial charge in [0.1, 0.15) is 5.75 Å². The number of alkyl halides is 1. The molecule has 0 aliphatic carbocycles. The third-order valence-electron chi connectivity index (χ3n) is 3.48. The van der Waals surface area contributed by atoms with Crippen molar-refractivity contribution < 1.29 is 13.9 Å². The van der Waals surface area contributed by atoms with Crippen LogP contribution in [0.3, 0.4) is 0 Å². The number of carbonyl (C=O) groups excluding carboxylic acids is 1. The number of nitrogens with zero attached hydrogens (tertiary/aromatic N) is 1. The van der Waals surface area contributed by atoms with E-state index in [4.69, 9.17) is 16.3 Å². The molecular weight excluding hydrogens is 283 g/mol. The van der Waals surface area contributed by atoms with Crippen LogP contribution in [-0.2, 0) is 11.3 Å². The molecule has 1 amide bonds. The van der Waals surface area contributed by atoms with Crippen molar-refractivity contribution in [3.05, 3.63) is 28.8 Å². The number of amides is 1. The minimum Gasteiger partial charge on any atom is -0.496 e. The normalized spacial score (nSPS) is 21.8. The van der Waals surface area contributed by atoms with E-state index in [9.17, 15) is 9.18 Å². The van der Waals surface area contributed by atoms with Crippen molar-refractivity contribution in [2.45, 2.75) is 18.6 Å². The molecule has 4 nitrogen and oxygen atoms in total. The zero-order valence-electron chi connectivity index (χ0n) is 11.6. The maximum absolute atomic E-state index is 14.4. The van der Waals surface area contributed by atoms with Crippen molar-refractivity contribution >= 4 is 17.5 Å². The van der Waals surface area contributed by atoms with Gasteiger partial charge in [0.15, 0.2) is 0 Å². The molecule has 1 heterocycles. The lowest BCUT2D eigenvalue weighted by Gasteiger charge is -2.25. The van der Waals surface area contributed by atoms with E-state index < -0.39 is 11.6 Å². The summed E-state index contributed by atoms with van der Waals surface area (Å²) >= 11 is 5.95. The maximum Gasteiger partial charge on any atom is 0.261 e. The van der Waals surface area contributed by atoms with E-state index in [0.29, 0.717) is 17.3 Å². The predicted molar refractivity (Wildman–Crippen MR) is 75.8 cm³/mol. The first kappa shape index (κ1) is 15.1. The van der Waals surface area contributed by atoms with Gasteiger partial charge < -0.3 is 15.0 Å². The summed E-state index contributed by atoms with van der Waals surface area (Å²) in [6, 6.07) is 5.17. The quantitative estimate of drug-likeness (QED) is 0.925. The first-order valence-electron chi connectivity index (χ1n) is 6.44. The van der Waals surface area contributed by atoms with Gasteiger partial charge in [0.2, 0.25) is 5.67 Å². The van der Waals surface area contributed by atoms with E-state index in [-0.39, 0.29) is 19.5 Å². The van der Waals surface area contributed by atoms with Crippen LogP contribution in [0, 0.1) is 0 Å². The van der Waals surface area contributed by atoms with Crippen molar-refractivity contribution in [1.29, 1.82) is 0 Å². The first-order valence-corrected chi connectivity index (χ1v) is 6.82. The number of methoxy groups -OCH3 is 1. The lowest BCUT2D eigenvalue weighted by Crippen LogP contribution is -2.45. The molecule has 0 aromatic heterocycles. The Balaban J connectivity index is 2.13.